The molecule has 2 aromatic rings. The average molecular weight is 302 g/mol. The van der Waals surface area contributed by atoms with E-state index in [4.69, 9.17) is 9.84 Å². The number of hydrogen-bond acceptors (Lipinski definition) is 3. The van der Waals surface area contributed by atoms with E-state index in [0.29, 0.717) is 12.4 Å². The lowest BCUT2D eigenvalue weighted by Gasteiger charge is -2.07. The summed E-state index contributed by atoms with van der Waals surface area (Å²) in [4.78, 5) is 12.0. The molecule has 0 aliphatic heterocycles. The second-order valence-electron chi connectivity index (χ2n) is 4.85. The van der Waals surface area contributed by atoms with Gasteiger partial charge in [-0.1, -0.05) is 6.07 Å². The molecule has 21 heavy (non-hydrogen) atoms. The van der Waals surface area contributed by atoms with Crippen LogP contribution in [0.5, 0.6) is 5.75 Å². The highest BCUT2D eigenvalue weighted by atomic mass is 32.2. The van der Waals surface area contributed by atoms with Crippen molar-refractivity contribution in [1.29, 1.82) is 0 Å². The van der Waals surface area contributed by atoms with Crippen LogP contribution < -0.4 is 4.74 Å². The van der Waals surface area contributed by atoms with E-state index in [-0.39, 0.29) is 5.56 Å². The number of aryl methyl sites for hydroxylation is 2. The molecule has 0 saturated heterocycles. The first-order valence-electron chi connectivity index (χ1n) is 6.72. The predicted octanol–water partition coefficient (Wildman–Crippen LogP) is 4.17. The van der Waals surface area contributed by atoms with E-state index in [9.17, 15) is 4.79 Å². The van der Waals surface area contributed by atoms with Crippen molar-refractivity contribution < 1.29 is 14.6 Å². The standard InChI is InChI=1S/C17H18O3S/c1-12-9-13(2)11-16(10-12)21-8-7-20-15-5-3-14(4-6-15)17(18)19/h3-6,9-11H,7-8H2,1-2H3,(H,18,19). The van der Waals surface area contributed by atoms with Crippen LogP contribution in [-0.4, -0.2) is 23.4 Å². The minimum absolute atomic E-state index is 0.270. The number of rotatable bonds is 6. The van der Waals surface area contributed by atoms with Gasteiger partial charge in [-0.15, -0.1) is 11.8 Å². The largest absolute Gasteiger partial charge is 0.493 e. The van der Waals surface area contributed by atoms with E-state index in [1.807, 2.05) is 0 Å². The Balaban J connectivity index is 1.80. The maximum absolute atomic E-state index is 10.7. The van der Waals surface area contributed by atoms with Crippen LogP contribution in [0.1, 0.15) is 21.5 Å². The summed E-state index contributed by atoms with van der Waals surface area (Å²) in [6.07, 6.45) is 0. The molecule has 2 rings (SSSR count). The molecule has 2 aromatic carbocycles. The van der Waals surface area contributed by atoms with E-state index in [1.54, 1.807) is 36.0 Å². The monoisotopic (exact) mass is 302 g/mol. The fraction of sp³-hybridized carbons (Fsp3) is 0.235. The third-order valence-corrected chi connectivity index (χ3v) is 3.86. The molecule has 3 nitrogen and oxygen atoms in total. The molecule has 0 radical (unpaired) electrons. The molecular weight excluding hydrogens is 284 g/mol. The van der Waals surface area contributed by atoms with E-state index >= 15 is 0 Å². The van der Waals surface area contributed by atoms with Crippen LogP contribution in [0.3, 0.4) is 0 Å². The first-order chi connectivity index (χ1) is 10.0. The molecule has 1 N–H and O–H groups in total. The number of thioether (sulfide) groups is 1. The van der Waals surface area contributed by atoms with Gasteiger partial charge >= 0.3 is 5.97 Å². The van der Waals surface area contributed by atoms with Gasteiger partial charge in [0.25, 0.3) is 0 Å². The van der Waals surface area contributed by atoms with Gasteiger partial charge in [-0.25, -0.2) is 4.79 Å². The smallest absolute Gasteiger partial charge is 0.335 e. The second kappa shape index (κ2) is 7.18. The van der Waals surface area contributed by atoms with Crippen LogP contribution in [0.2, 0.25) is 0 Å². The van der Waals surface area contributed by atoms with Gasteiger partial charge in [-0.3, -0.25) is 0 Å². The van der Waals surface area contributed by atoms with Gasteiger partial charge in [0.2, 0.25) is 0 Å². The molecule has 0 unspecified atom stereocenters. The van der Waals surface area contributed by atoms with E-state index in [1.165, 1.54) is 16.0 Å². The summed E-state index contributed by atoms with van der Waals surface area (Å²) in [6.45, 7) is 4.78. The van der Waals surface area contributed by atoms with Gasteiger partial charge in [-0.05, 0) is 61.4 Å². The van der Waals surface area contributed by atoms with E-state index in [0.717, 1.165) is 5.75 Å². The topological polar surface area (TPSA) is 46.5 Å². The van der Waals surface area contributed by atoms with Crippen LogP contribution in [-0.2, 0) is 0 Å². The van der Waals surface area contributed by atoms with Crippen molar-refractivity contribution in [1.82, 2.24) is 0 Å². The lowest BCUT2D eigenvalue weighted by molar-refractivity contribution is 0.0697. The molecule has 0 saturated carbocycles. The molecule has 0 fully saturated rings. The normalized spacial score (nSPS) is 10.4. The molecule has 0 aliphatic rings. The van der Waals surface area contributed by atoms with Crippen LogP contribution in [0.4, 0.5) is 0 Å². The Morgan fingerprint density at radius 1 is 1.10 bits per heavy atom. The van der Waals surface area contributed by atoms with Gasteiger partial charge in [0.1, 0.15) is 5.75 Å². The van der Waals surface area contributed by atoms with Crippen molar-refractivity contribution in [2.45, 2.75) is 18.7 Å². The summed E-state index contributed by atoms with van der Waals surface area (Å²) in [5, 5.41) is 8.82. The van der Waals surface area contributed by atoms with Crippen molar-refractivity contribution in [2.75, 3.05) is 12.4 Å². The fourth-order valence-electron chi connectivity index (χ4n) is 2.03. The minimum Gasteiger partial charge on any atom is -0.493 e. The SMILES string of the molecule is Cc1cc(C)cc(SCCOc2ccc(C(=O)O)cc2)c1. The zero-order valence-corrected chi connectivity index (χ0v) is 12.9. The van der Waals surface area contributed by atoms with Gasteiger partial charge < -0.3 is 9.84 Å². The molecular formula is C17H18O3S. The van der Waals surface area contributed by atoms with Crippen molar-refractivity contribution in [3.63, 3.8) is 0 Å². The molecule has 0 spiro atoms. The number of carbonyl (C=O) groups is 1. The highest BCUT2D eigenvalue weighted by Gasteiger charge is 2.02. The maximum Gasteiger partial charge on any atom is 0.335 e. The van der Waals surface area contributed by atoms with Crippen LogP contribution in [0.15, 0.2) is 47.4 Å². The highest BCUT2D eigenvalue weighted by Crippen LogP contribution is 2.21. The third kappa shape index (κ3) is 4.83. The number of hydrogen-bond donors (Lipinski definition) is 1. The Bertz CT molecular complexity index is 600. The quantitative estimate of drug-likeness (QED) is 0.642. The lowest BCUT2D eigenvalue weighted by Crippen LogP contribution is -2.01. The van der Waals surface area contributed by atoms with Crippen molar-refractivity contribution in [3.8, 4) is 5.75 Å². The Labute approximate surface area is 129 Å². The summed E-state index contributed by atoms with van der Waals surface area (Å²) >= 11 is 1.76. The van der Waals surface area contributed by atoms with E-state index < -0.39 is 5.97 Å². The molecule has 4 heteroatoms. The number of ether oxygens (including phenoxy) is 1. The Hall–Kier alpha value is -1.94. The number of benzene rings is 2. The molecule has 0 heterocycles. The van der Waals surface area contributed by atoms with Crippen LogP contribution in [0.25, 0.3) is 0 Å². The van der Waals surface area contributed by atoms with Crippen molar-refractivity contribution >= 4 is 17.7 Å². The first-order valence-corrected chi connectivity index (χ1v) is 7.70. The highest BCUT2D eigenvalue weighted by molar-refractivity contribution is 7.99. The molecule has 0 aromatic heterocycles. The van der Waals surface area contributed by atoms with Crippen LogP contribution in [0, 0.1) is 13.8 Å². The first kappa shape index (κ1) is 15.4. The number of aromatic carboxylic acids is 1. The minimum atomic E-state index is -0.924. The molecule has 0 aliphatic carbocycles. The summed E-state index contributed by atoms with van der Waals surface area (Å²) < 4.78 is 5.61. The fourth-order valence-corrected chi connectivity index (χ4v) is 2.97. The Morgan fingerprint density at radius 3 is 2.29 bits per heavy atom. The Morgan fingerprint density at radius 2 is 1.71 bits per heavy atom. The zero-order valence-electron chi connectivity index (χ0n) is 12.1. The summed E-state index contributed by atoms with van der Waals surface area (Å²) in [6, 6.07) is 13.0. The van der Waals surface area contributed by atoms with Gasteiger partial charge in [0, 0.05) is 10.6 Å². The molecule has 0 amide bonds. The zero-order chi connectivity index (χ0) is 15.2. The average Bonchev–Trinajstić information content (AvgIpc) is 2.43. The maximum atomic E-state index is 10.7. The molecule has 110 valence electrons. The van der Waals surface area contributed by atoms with Crippen molar-refractivity contribution in [2.24, 2.45) is 0 Å². The summed E-state index contributed by atoms with van der Waals surface area (Å²) in [5.41, 5.74) is 2.80. The predicted molar refractivity (Wildman–Crippen MR) is 85.5 cm³/mol. The Kier molecular flexibility index (Phi) is 5.28. The van der Waals surface area contributed by atoms with E-state index in [2.05, 4.69) is 32.0 Å². The third-order valence-electron chi connectivity index (χ3n) is 2.92. The van der Waals surface area contributed by atoms with Gasteiger partial charge in [0.15, 0.2) is 0 Å². The summed E-state index contributed by atoms with van der Waals surface area (Å²) in [7, 11) is 0. The van der Waals surface area contributed by atoms with Crippen molar-refractivity contribution in [3.05, 3.63) is 59.2 Å². The second-order valence-corrected chi connectivity index (χ2v) is 6.02. The van der Waals surface area contributed by atoms with Crippen LogP contribution >= 0.6 is 11.8 Å². The number of carboxylic acid groups (broad SMARTS) is 1. The van der Waals surface area contributed by atoms with Gasteiger partial charge in [0.05, 0.1) is 12.2 Å². The molecule has 0 bridgehead atoms. The lowest BCUT2D eigenvalue weighted by atomic mass is 10.2. The summed E-state index contributed by atoms with van der Waals surface area (Å²) in [5.74, 6) is 0.622. The number of carboxylic acids is 1. The van der Waals surface area contributed by atoms with Gasteiger partial charge in [-0.2, -0.15) is 0 Å². The molecule has 0 atom stereocenters.